The quantitative estimate of drug-likeness (QED) is 0.655. The van der Waals surface area contributed by atoms with Crippen LogP contribution in [0.25, 0.3) is 0 Å². The predicted octanol–water partition coefficient (Wildman–Crippen LogP) is 5.79. The van der Waals surface area contributed by atoms with E-state index in [9.17, 15) is 4.79 Å². The summed E-state index contributed by atoms with van der Waals surface area (Å²) in [5, 5.41) is 4.51. The molecule has 0 aromatic heterocycles. The van der Waals surface area contributed by atoms with E-state index in [0.29, 0.717) is 11.8 Å². The summed E-state index contributed by atoms with van der Waals surface area (Å²) in [7, 11) is 0. The molecule has 0 saturated carbocycles. The number of piperidine rings is 1. The van der Waals surface area contributed by atoms with Crippen LogP contribution in [0.15, 0.2) is 54.6 Å². The van der Waals surface area contributed by atoms with Crippen molar-refractivity contribution in [2.75, 3.05) is 18.4 Å². The zero-order chi connectivity index (χ0) is 19.1. The van der Waals surface area contributed by atoms with Gasteiger partial charge in [0, 0.05) is 35.3 Å². The Bertz CT molecular complexity index is 915. The molecule has 4 heteroatoms. The summed E-state index contributed by atoms with van der Waals surface area (Å²) >= 11 is 6.09. The highest BCUT2D eigenvalue weighted by atomic mass is 35.5. The Morgan fingerprint density at radius 3 is 2.61 bits per heavy atom. The van der Waals surface area contributed by atoms with Gasteiger partial charge in [0.1, 0.15) is 0 Å². The molecule has 1 fully saturated rings. The third-order valence-electron chi connectivity index (χ3n) is 6.48. The van der Waals surface area contributed by atoms with Crippen molar-refractivity contribution >= 4 is 23.2 Å². The van der Waals surface area contributed by atoms with Crippen molar-refractivity contribution in [1.82, 2.24) is 4.90 Å². The number of carbonyl (C=O) groups excluding carboxylic acids is 1. The second-order valence-electron chi connectivity index (χ2n) is 8.18. The molecule has 0 bridgehead atoms. The first-order valence-electron chi connectivity index (χ1n) is 10.3. The summed E-state index contributed by atoms with van der Waals surface area (Å²) in [6.07, 6.45) is 9.13. The summed E-state index contributed by atoms with van der Waals surface area (Å²) in [5.41, 5.74) is 4.49. The second-order valence-corrected chi connectivity index (χ2v) is 8.62. The van der Waals surface area contributed by atoms with Crippen molar-refractivity contribution in [3.05, 3.63) is 76.3 Å². The highest BCUT2D eigenvalue weighted by molar-refractivity contribution is 6.30. The maximum atomic E-state index is 13.0. The van der Waals surface area contributed by atoms with Gasteiger partial charge >= 0.3 is 0 Å². The van der Waals surface area contributed by atoms with Crippen LogP contribution in [-0.4, -0.2) is 23.9 Å². The molecule has 1 amide bonds. The van der Waals surface area contributed by atoms with Crippen molar-refractivity contribution < 1.29 is 4.79 Å². The summed E-state index contributed by atoms with van der Waals surface area (Å²) in [5.74, 6) is 1.00. The van der Waals surface area contributed by atoms with E-state index in [1.165, 1.54) is 17.5 Å². The minimum atomic E-state index is 0.181. The van der Waals surface area contributed by atoms with Gasteiger partial charge < -0.3 is 10.2 Å². The van der Waals surface area contributed by atoms with Gasteiger partial charge in [-0.05, 0) is 73.1 Å². The lowest BCUT2D eigenvalue weighted by atomic mass is 9.76. The number of hydrogen-bond donors (Lipinski definition) is 1. The lowest BCUT2D eigenvalue weighted by Crippen LogP contribution is -2.36. The zero-order valence-electron chi connectivity index (χ0n) is 15.9. The van der Waals surface area contributed by atoms with Crippen LogP contribution in [0.1, 0.15) is 59.1 Å². The molecule has 3 atom stereocenters. The Kier molecular flexibility index (Phi) is 4.64. The normalized spacial score (nSPS) is 25.8. The van der Waals surface area contributed by atoms with Gasteiger partial charge in [0.2, 0.25) is 0 Å². The van der Waals surface area contributed by atoms with Gasteiger partial charge in [0.05, 0.1) is 6.04 Å². The van der Waals surface area contributed by atoms with E-state index >= 15 is 0 Å². The molecule has 2 aromatic rings. The lowest BCUT2D eigenvalue weighted by molar-refractivity contribution is 0.0724. The summed E-state index contributed by atoms with van der Waals surface area (Å²) in [4.78, 5) is 15.0. The number of fused-ring (bicyclic) bond motifs is 3. The number of likely N-dealkylation sites (tertiary alicyclic amines) is 1. The van der Waals surface area contributed by atoms with E-state index in [1.54, 1.807) is 0 Å². The molecule has 0 radical (unpaired) electrons. The molecule has 28 heavy (non-hydrogen) atoms. The standard InChI is InChI=1S/C24H25ClN2O/c25-18-10-7-16(8-11-18)23-20-6-4-5-19(20)21-15-17(9-12-22(21)26-23)24(28)27-13-2-1-3-14-27/h4-5,7-12,15,19-20,23,26H,1-3,6,13-14H2/t19-,20+,23-/m1/s1. The SMILES string of the molecule is O=C(c1ccc2c(c1)[C@@H]1C=CC[C@@H]1[C@@H](c1ccc(Cl)cc1)N2)N1CCCCC1. The average Bonchev–Trinajstić information content (AvgIpc) is 3.24. The molecule has 0 spiro atoms. The topological polar surface area (TPSA) is 32.3 Å². The number of benzene rings is 2. The van der Waals surface area contributed by atoms with Crippen LogP contribution >= 0.6 is 11.6 Å². The van der Waals surface area contributed by atoms with Crippen LogP contribution in [0.4, 0.5) is 5.69 Å². The van der Waals surface area contributed by atoms with Crippen LogP contribution in [0.5, 0.6) is 0 Å². The number of halogens is 1. The highest BCUT2D eigenvalue weighted by Gasteiger charge is 2.38. The highest BCUT2D eigenvalue weighted by Crippen LogP contribution is 2.50. The molecule has 2 aromatic carbocycles. The van der Waals surface area contributed by atoms with E-state index in [2.05, 4.69) is 41.7 Å². The molecule has 1 saturated heterocycles. The Morgan fingerprint density at radius 2 is 1.82 bits per heavy atom. The molecule has 3 aliphatic rings. The molecule has 1 N–H and O–H groups in total. The molecule has 2 aliphatic heterocycles. The number of anilines is 1. The fraction of sp³-hybridized carbons (Fsp3) is 0.375. The van der Waals surface area contributed by atoms with Crippen molar-refractivity contribution in [2.45, 2.75) is 37.6 Å². The first-order chi connectivity index (χ1) is 13.7. The number of nitrogens with one attached hydrogen (secondary N) is 1. The minimum absolute atomic E-state index is 0.181. The van der Waals surface area contributed by atoms with Crippen molar-refractivity contribution in [1.29, 1.82) is 0 Å². The number of carbonyl (C=O) groups is 1. The molecule has 144 valence electrons. The van der Waals surface area contributed by atoms with Gasteiger partial charge in [-0.3, -0.25) is 4.79 Å². The fourth-order valence-electron chi connectivity index (χ4n) is 5.01. The zero-order valence-corrected chi connectivity index (χ0v) is 16.7. The van der Waals surface area contributed by atoms with Gasteiger partial charge in [-0.2, -0.15) is 0 Å². The van der Waals surface area contributed by atoms with Crippen LogP contribution < -0.4 is 5.32 Å². The second kappa shape index (κ2) is 7.29. The maximum absolute atomic E-state index is 13.0. The molecule has 3 nitrogen and oxygen atoms in total. The Labute approximate surface area is 171 Å². The van der Waals surface area contributed by atoms with Gasteiger partial charge in [-0.1, -0.05) is 35.9 Å². The summed E-state index contributed by atoms with van der Waals surface area (Å²) < 4.78 is 0. The largest absolute Gasteiger partial charge is 0.378 e. The number of amides is 1. The van der Waals surface area contributed by atoms with Crippen molar-refractivity contribution in [3.8, 4) is 0 Å². The third kappa shape index (κ3) is 3.12. The van der Waals surface area contributed by atoms with E-state index in [1.807, 2.05) is 23.1 Å². The summed E-state index contributed by atoms with van der Waals surface area (Å²) in [6.45, 7) is 1.78. The van der Waals surface area contributed by atoms with Crippen molar-refractivity contribution in [2.24, 2.45) is 5.92 Å². The van der Waals surface area contributed by atoms with E-state index < -0.39 is 0 Å². The molecular formula is C24H25ClN2O. The van der Waals surface area contributed by atoms with Crippen LogP contribution in [0, 0.1) is 5.92 Å². The number of allylic oxidation sites excluding steroid dienone is 2. The van der Waals surface area contributed by atoms with Gasteiger partial charge in [-0.25, -0.2) is 0 Å². The van der Waals surface area contributed by atoms with E-state index in [0.717, 1.165) is 48.6 Å². The summed E-state index contributed by atoms with van der Waals surface area (Å²) in [6, 6.07) is 14.6. The fourth-order valence-corrected chi connectivity index (χ4v) is 5.13. The molecule has 5 rings (SSSR count). The first-order valence-corrected chi connectivity index (χ1v) is 10.7. The van der Waals surface area contributed by atoms with Crippen LogP contribution in [-0.2, 0) is 0 Å². The maximum Gasteiger partial charge on any atom is 0.253 e. The third-order valence-corrected chi connectivity index (χ3v) is 6.73. The Balaban J connectivity index is 1.47. The number of hydrogen-bond acceptors (Lipinski definition) is 2. The predicted molar refractivity (Wildman–Crippen MR) is 114 cm³/mol. The molecule has 0 unspecified atom stereocenters. The van der Waals surface area contributed by atoms with Crippen LogP contribution in [0.2, 0.25) is 5.02 Å². The van der Waals surface area contributed by atoms with E-state index in [-0.39, 0.29) is 11.9 Å². The first kappa shape index (κ1) is 17.8. The lowest BCUT2D eigenvalue weighted by Gasteiger charge is -2.38. The van der Waals surface area contributed by atoms with Gasteiger partial charge in [-0.15, -0.1) is 0 Å². The monoisotopic (exact) mass is 392 g/mol. The van der Waals surface area contributed by atoms with Crippen LogP contribution in [0.3, 0.4) is 0 Å². The number of nitrogens with zero attached hydrogens (tertiary/aromatic N) is 1. The molecule has 2 heterocycles. The van der Waals surface area contributed by atoms with Gasteiger partial charge in [0.15, 0.2) is 0 Å². The van der Waals surface area contributed by atoms with Gasteiger partial charge in [0.25, 0.3) is 5.91 Å². The molecular weight excluding hydrogens is 368 g/mol. The minimum Gasteiger partial charge on any atom is -0.378 e. The Morgan fingerprint density at radius 1 is 1.04 bits per heavy atom. The number of rotatable bonds is 2. The molecule has 1 aliphatic carbocycles. The van der Waals surface area contributed by atoms with Crippen molar-refractivity contribution in [3.63, 3.8) is 0 Å². The average molecular weight is 393 g/mol. The van der Waals surface area contributed by atoms with E-state index in [4.69, 9.17) is 11.6 Å². The Hall–Kier alpha value is -2.26. The smallest absolute Gasteiger partial charge is 0.253 e.